The molecule has 1 aliphatic rings. The smallest absolute Gasteiger partial charge is 0.147 e. The molecule has 0 aromatic heterocycles. The molecule has 2 N–H and O–H groups in total. The van der Waals surface area contributed by atoms with Gasteiger partial charge in [-0.3, -0.25) is 0 Å². The average molecular weight is 195 g/mol. The van der Waals surface area contributed by atoms with Crippen molar-refractivity contribution in [2.24, 2.45) is 0 Å². The van der Waals surface area contributed by atoms with Crippen LogP contribution in [-0.2, 0) is 9.47 Å². The molecular formula is C10H13NO3. The number of nitrogen functional groups attached to an aromatic ring is 1. The van der Waals surface area contributed by atoms with Crippen molar-refractivity contribution in [3.8, 4) is 5.75 Å². The molecule has 4 nitrogen and oxygen atoms in total. The Kier molecular flexibility index (Phi) is 2.86. The fourth-order valence-electron chi connectivity index (χ4n) is 1.26. The predicted molar refractivity (Wildman–Crippen MR) is 52.0 cm³/mol. The number of ether oxygens (including phenoxy) is 3. The molecule has 4 heteroatoms. The van der Waals surface area contributed by atoms with Crippen LogP contribution >= 0.6 is 0 Å². The highest BCUT2D eigenvalue weighted by atomic mass is 16.7. The van der Waals surface area contributed by atoms with Gasteiger partial charge >= 0.3 is 0 Å². The van der Waals surface area contributed by atoms with E-state index in [4.69, 9.17) is 19.9 Å². The van der Waals surface area contributed by atoms with Crippen molar-refractivity contribution in [3.05, 3.63) is 24.3 Å². The number of hydrogen-bond acceptors (Lipinski definition) is 4. The summed E-state index contributed by atoms with van der Waals surface area (Å²) in [5.41, 5.74) is 6.35. The first-order chi connectivity index (χ1) is 6.86. The van der Waals surface area contributed by atoms with E-state index in [-0.39, 0.29) is 6.10 Å². The largest absolute Gasteiger partial charge is 0.489 e. The van der Waals surface area contributed by atoms with Crippen molar-refractivity contribution in [2.45, 2.75) is 6.10 Å². The van der Waals surface area contributed by atoms with Crippen molar-refractivity contribution in [2.75, 3.05) is 25.7 Å². The SMILES string of the molecule is Nc1ccccc1OCC1COCO1. The maximum Gasteiger partial charge on any atom is 0.147 e. The van der Waals surface area contributed by atoms with Gasteiger partial charge in [-0.25, -0.2) is 0 Å². The van der Waals surface area contributed by atoms with Crippen molar-refractivity contribution in [1.29, 1.82) is 0 Å². The quantitative estimate of drug-likeness (QED) is 0.731. The third-order valence-electron chi connectivity index (χ3n) is 2.03. The van der Waals surface area contributed by atoms with Crippen LogP contribution in [0.1, 0.15) is 0 Å². The number of rotatable bonds is 3. The zero-order chi connectivity index (χ0) is 9.80. The summed E-state index contributed by atoms with van der Waals surface area (Å²) in [6, 6.07) is 7.40. The first kappa shape index (κ1) is 9.30. The van der Waals surface area contributed by atoms with Gasteiger partial charge in [0.2, 0.25) is 0 Å². The van der Waals surface area contributed by atoms with Gasteiger partial charge < -0.3 is 19.9 Å². The fraction of sp³-hybridized carbons (Fsp3) is 0.400. The Morgan fingerprint density at radius 2 is 2.29 bits per heavy atom. The molecule has 0 amide bonds. The Balaban J connectivity index is 1.88. The highest BCUT2D eigenvalue weighted by Gasteiger charge is 2.16. The third-order valence-corrected chi connectivity index (χ3v) is 2.03. The summed E-state index contributed by atoms with van der Waals surface area (Å²) in [5, 5.41) is 0. The minimum atomic E-state index is 0.0228. The van der Waals surface area contributed by atoms with Gasteiger partial charge in [0.1, 0.15) is 25.3 Å². The molecule has 76 valence electrons. The van der Waals surface area contributed by atoms with Crippen LogP contribution in [0.15, 0.2) is 24.3 Å². The summed E-state index contributed by atoms with van der Waals surface area (Å²) in [7, 11) is 0. The molecule has 2 rings (SSSR count). The first-order valence-electron chi connectivity index (χ1n) is 4.53. The Hall–Kier alpha value is -1.26. The Morgan fingerprint density at radius 3 is 3.00 bits per heavy atom. The summed E-state index contributed by atoms with van der Waals surface area (Å²) < 4.78 is 15.8. The highest BCUT2D eigenvalue weighted by molar-refractivity contribution is 5.51. The molecule has 1 aromatic rings. The lowest BCUT2D eigenvalue weighted by Gasteiger charge is -2.11. The number of benzene rings is 1. The maximum atomic E-state index is 5.71. The lowest BCUT2D eigenvalue weighted by molar-refractivity contribution is 0.0321. The van der Waals surface area contributed by atoms with Crippen LogP contribution in [0, 0.1) is 0 Å². The van der Waals surface area contributed by atoms with Gasteiger partial charge in [0.25, 0.3) is 0 Å². The van der Waals surface area contributed by atoms with E-state index in [1.807, 2.05) is 18.2 Å². The van der Waals surface area contributed by atoms with Crippen LogP contribution in [0.3, 0.4) is 0 Å². The minimum Gasteiger partial charge on any atom is -0.489 e. The molecule has 1 heterocycles. The van der Waals surface area contributed by atoms with E-state index in [2.05, 4.69) is 0 Å². The van der Waals surface area contributed by atoms with E-state index in [9.17, 15) is 0 Å². The number of para-hydroxylation sites is 2. The topological polar surface area (TPSA) is 53.7 Å². The van der Waals surface area contributed by atoms with Gasteiger partial charge in [-0.15, -0.1) is 0 Å². The molecule has 1 fully saturated rings. The monoisotopic (exact) mass is 195 g/mol. The highest BCUT2D eigenvalue weighted by Crippen LogP contribution is 2.20. The van der Waals surface area contributed by atoms with Gasteiger partial charge in [0.15, 0.2) is 0 Å². The van der Waals surface area contributed by atoms with Crippen LogP contribution < -0.4 is 10.5 Å². The van der Waals surface area contributed by atoms with E-state index in [0.29, 0.717) is 31.4 Å². The van der Waals surface area contributed by atoms with Gasteiger partial charge in [-0.1, -0.05) is 12.1 Å². The minimum absolute atomic E-state index is 0.0228. The molecule has 1 unspecified atom stereocenters. The zero-order valence-electron chi connectivity index (χ0n) is 7.81. The normalized spacial score (nSPS) is 21.0. The summed E-state index contributed by atoms with van der Waals surface area (Å²) >= 11 is 0. The van der Waals surface area contributed by atoms with E-state index in [0.717, 1.165) is 0 Å². The summed E-state index contributed by atoms with van der Waals surface area (Å²) in [5.74, 6) is 0.697. The Bertz CT molecular complexity index is 297. The molecule has 0 saturated carbocycles. The zero-order valence-corrected chi connectivity index (χ0v) is 7.81. The van der Waals surface area contributed by atoms with E-state index >= 15 is 0 Å². The maximum absolute atomic E-state index is 5.71. The fourth-order valence-corrected chi connectivity index (χ4v) is 1.26. The second-order valence-electron chi connectivity index (χ2n) is 3.13. The van der Waals surface area contributed by atoms with Crippen LogP contribution in [0.2, 0.25) is 0 Å². The van der Waals surface area contributed by atoms with Gasteiger partial charge in [0, 0.05) is 0 Å². The lowest BCUT2D eigenvalue weighted by atomic mass is 10.3. The van der Waals surface area contributed by atoms with Crippen LogP contribution in [-0.4, -0.2) is 26.1 Å². The number of nitrogens with two attached hydrogens (primary N) is 1. The first-order valence-corrected chi connectivity index (χ1v) is 4.53. The van der Waals surface area contributed by atoms with Crippen molar-refractivity contribution in [1.82, 2.24) is 0 Å². The molecule has 0 aliphatic carbocycles. The number of hydrogen-bond donors (Lipinski definition) is 1. The predicted octanol–water partition coefficient (Wildman–Crippen LogP) is 1.02. The van der Waals surface area contributed by atoms with E-state index in [1.165, 1.54) is 0 Å². The second kappa shape index (κ2) is 4.30. The second-order valence-corrected chi connectivity index (χ2v) is 3.13. The Morgan fingerprint density at radius 1 is 1.43 bits per heavy atom. The third kappa shape index (κ3) is 2.16. The standard InChI is InChI=1S/C10H13NO3/c11-9-3-1-2-4-10(9)13-6-8-5-12-7-14-8/h1-4,8H,5-7,11H2. The molecule has 0 radical (unpaired) electrons. The molecule has 0 spiro atoms. The lowest BCUT2D eigenvalue weighted by Crippen LogP contribution is -2.19. The number of anilines is 1. The molecule has 0 bridgehead atoms. The Labute approximate surface area is 82.6 Å². The molecular weight excluding hydrogens is 182 g/mol. The molecule has 14 heavy (non-hydrogen) atoms. The van der Waals surface area contributed by atoms with Gasteiger partial charge in [-0.2, -0.15) is 0 Å². The molecule has 1 aromatic carbocycles. The van der Waals surface area contributed by atoms with Crippen LogP contribution in [0.5, 0.6) is 5.75 Å². The molecule has 1 saturated heterocycles. The van der Waals surface area contributed by atoms with Gasteiger partial charge in [0.05, 0.1) is 12.3 Å². The molecule has 1 aliphatic heterocycles. The van der Waals surface area contributed by atoms with Gasteiger partial charge in [-0.05, 0) is 12.1 Å². The molecule has 1 atom stereocenters. The summed E-state index contributed by atoms with van der Waals surface area (Å²) in [6.45, 7) is 1.43. The summed E-state index contributed by atoms with van der Waals surface area (Å²) in [4.78, 5) is 0. The van der Waals surface area contributed by atoms with Crippen LogP contribution in [0.25, 0.3) is 0 Å². The van der Waals surface area contributed by atoms with Crippen molar-refractivity contribution < 1.29 is 14.2 Å². The van der Waals surface area contributed by atoms with Crippen molar-refractivity contribution in [3.63, 3.8) is 0 Å². The van der Waals surface area contributed by atoms with E-state index in [1.54, 1.807) is 6.07 Å². The van der Waals surface area contributed by atoms with Crippen LogP contribution in [0.4, 0.5) is 5.69 Å². The summed E-state index contributed by atoms with van der Waals surface area (Å²) in [6.07, 6.45) is 0.0228. The van der Waals surface area contributed by atoms with E-state index < -0.39 is 0 Å². The van der Waals surface area contributed by atoms with Crippen molar-refractivity contribution >= 4 is 5.69 Å². The average Bonchev–Trinajstić information content (AvgIpc) is 2.69.